The van der Waals surface area contributed by atoms with Gasteiger partial charge in [0.25, 0.3) is 0 Å². The van der Waals surface area contributed by atoms with Crippen LogP contribution in [-0.4, -0.2) is 23.0 Å². The summed E-state index contributed by atoms with van der Waals surface area (Å²) in [6.45, 7) is 3.80. The Morgan fingerprint density at radius 3 is 2.40 bits per heavy atom. The van der Waals surface area contributed by atoms with Crippen molar-refractivity contribution in [3.8, 4) is 5.75 Å². The molecular weight excluding hydrogens is 280 g/mol. The highest BCUT2D eigenvalue weighted by Gasteiger charge is 2.39. The van der Waals surface area contributed by atoms with Gasteiger partial charge in [-0.25, -0.2) is 4.79 Å². The van der Waals surface area contributed by atoms with Gasteiger partial charge in [-0.15, -0.1) is 0 Å². The summed E-state index contributed by atoms with van der Waals surface area (Å²) in [5, 5.41) is 9.93. The van der Waals surface area contributed by atoms with Gasteiger partial charge in [0.15, 0.2) is 6.29 Å². The van der Waals surface area contributed by atoms with Crippen LogP contribution in [0.25, 0.3) is 0 Å². The van der Waals surface area contributed by atoms with Gasteiger partial charge in [-0.05, 0) is 31.0 Å². The highest BCUT2D eigenvalue weighted by Crippen LogP contribution is 2.31. The Morgan fingerprint density at radius 1 is 1.35 bits per heavy atom. The van der Waals surface area contributed by atoms with Gasteiger partial charge in [-0.2, -0.15) is 0 Å². The largest absolute Gasteiger partial charge is 0.478 e. The van der Waals surface area contributed by atoms with E-state index in [0.29, 0.717) is 37.0 Å². The molecule has 0 aromatic heterocycles. The molecule has 110 valence electrons. The first kappa shape index (κ1) is 16.5. The monoisotopic (exact) mass is 298 g/mol. The molecule has 5 heteroatoms. The Labute approximate surface area is 123 Å². The van der Waals surface area contributed by atoms with Crippen molar-refractivity contribution in [3.05, 3.63) is 28.8 Å². The molecule has 1 rings (SSSR count). The Bertz CT molecular complexity index is 479. The SMILES string of the molecule is CCCC(CCC)(Oc1ccc(Cl)cc1C=O)C(=O)O. The number of rotatable bonds is 8. The van der Waals surface area contributed by atoms with Crippen LogP contribution < -0.4 is 4.74 Å². The van der Waals surface area contributed by atoms with Crippen LogP contribution in [0.2, 0.25) is 5.02 Å². The van der Waals surface area contributed by atoms with Gasteiger partial charge in [0, 0.05) is 5.02 Å². The molecule has 0 unspecified atom stereocenters. The van der Waals surface area contributed by atoms with E-state index in [-0.39, 0.29) is 11.3 Å². The second-order valence-electron chi connectivity index (χ2n) is 4.70. The zero-order valence-corrected chi connectivity index (χ0v) is 12.4. The van der Waals surface area contributed by atoms with Gasteiger partial charge in [-0.1, -0.05) is 38.3 Å². The standard InChI is InChI=1S/C15H19ClO4/c1-3-7-15(8-4-2,14(18)19)20-13-6-5-12(16)9-11(13)10-17/h5-6,9-10H,3-4,7-8H2,1-2H3,(H,18,19). The Hall–Kier alpha value is -1.55. The number of carbonyl (C=O) groups excluding carboxylic acids is 1. The van der Waals surface area contributed by atoms with Gasteiger partial charge in [0.05, 0.1) is 5.56 Å². The number of ether oxygens (including phenoxy) is 1. The lowest BCUT2D eigenvalue weighted by atomic mass is 9.92. The maximum Gasteiger partial charge on any atom is 0.348 e. The fourth-order valence-corrected chi connectivity index (χ4v) is 2.39. The van der Waals surface area contributed by atoms with Crippen molar-refractivity contribution >= 4 is 23.9 Å². The van der Waals surface area contributed by atoms with Crippen LogP contribution in [0.15, 0.2) is 18.2 Å². The molecule has 0 aliphatic carbocycles. The highest BCUT2D eigenvalue weighted by molar-refractivity contribution is 6.30. The van der Waals surface area contributed by atoms with E-state index in [2.05, 4.69) is 0 Å². The minimum absolute atomic E-state index is 0.258. The molecule has 20 heavy (non-hydrogen) atoms. The molecule has 0 bridgehead atoms. The van der Waals surface area contributed by atoms with E-state index in [1.165, 1.54) is 12.1 Å². The molecule has 0 spiro atoms. The van der Waals surface area contributed by atoms with Crippen LogP contribution in [0.1, 0.15) is 49.9 Å². The summed E-state index contributed by atoms with van der Waals surface area (Å²) >= 11 is 5.82. The number of aldehydes is 1. The number of hydrogen-bond donors (Lipinski definition) is 1. The molecule has 1 N–H and O–H groups in total. The molecule has 1 aromatic carbocycles. The Balaban J connectivity index is 3.17. The molecular formula is C15H19ClO4. The first-order valence-electron chi connectivity index (χ1n) is 6.66. The van der Waals surface area contributed by atoms with Crippen molar-refractivity contribution in [2.24, 2.45) is 0 Å². The van der Waals surface area contributed by atoms with Crippen LogP contribution in [-0.2, 0) is 4.79 Å². The van der Waals surface area contributed by atoms with Crippen LogP contribution >= 0.6 is 11.6 Å². The zero-order chi connectivity index (χ0) is 15.2. The first-order chi connectivity index (χ1) is 9.49. The van der Waals surface area contributed by atoms with Crippen molar-refractivity contribution in [2.45, 2.75) is 45.1 Å². The van der Waals surface area contributed by atoms with E-state index in [4.69, 9.17) is 16.3 Å². The topological polar surface area (TPSA) is 63.6 Å². The lowest BCUT2D eigenvalue weighted by Gasteiger charge is -2.30. The van der Waals surface area contributed by atoms with Gasteiger partial charge in [0.2, 0.25) is 5.60 Å². The first-order valence-corrected chi connectivity index (χ1v) is 7.04. The van der Waals surface area contributed by atoms with E-state index in [1.807, 2.05) is 13.8 Å². The number of benzene rings is 1. The third-order valence-electron chi connectivity index (χ3n) is 3.10. The summed E-state index contributed by atoms with van der Waals surface area (Å²) < 4.78 is 5.73. The average Bonchev–Trinajstić information content (AvgIpc) is 2.41. The fourth-order valence-electron chi connectivity index (χ4n) is 2.21. The second-order valence-corrected chi connectivity index (χ2v) is 5.14. The predicted molar refractivity (Wildman–Crippen MR) is 77.7 cm³/mol. The van der Waals surface area contributed by atoms with Crippen molar-refractivity contribution in [2.75, 3.05) is 0 Å². The maximum atomic E-state index is 11.6. The number of halogens is 1. The summed E-state index contributed by atoms with van der Waals surface area (Å²) in [6.07, 6.45) is 2.74. The van der Waals surface area contributed by atoms with E-state index < -0.39 is 11.6 Å². The molecule has 0 radical (unpaired) electrons. The zero-order valence-electron chi connectivity index (χ0n) is 11.7. The number of carboxylic acids is 1. The lowest BCUT2D eigenvalue weighted by Crippen LogP contribution is -2.44. The fraction of sp³-hybridized carbons (Fsp3) is 0.467. The Kier molecular flexibility index (Phi) is 6.02. The van der Waals surface area contributed by atoms with Gasteiger partial charge >= 0.3 is 5.97 Å². The van der Waals surface area contributed by atoms with E-state index in [1.54, 1.807) is 6.07 Å². The number of carbonyl (C=O) groups is 2. The van der Waals surface area contributed by atoms with E-state index in [9.17, 15) is 14.7 Å². The lowest BCUT2D eigenvalue weighted by molar-refractivity contribution is -0.156. The summed E-state index contributed by atoms with van der Waals surface area (Å²) in [6, 6.07) is 4.58. The Morgan fingerprint density at radius 2 is 1.95 bits per heavy atom. The molecule has 0 atom stereocenters. The van der Waals surface area contributed by atoms with E-state index in [0.717, 1.165) is 0 Å². The van der Waals surface area contributed by atoms with Crippen molar-refractivity contribution in [1.29, 1.82) is 0 Å². The van der Waals surface area contributed by atoms with Gasteiger partial charge < -0.3 is 9.84 Å². The van der Waals surface area contributed by atoms with Crippen LogP contribution in [0.3, 0.4) is 0 Å². The van der Waals surface area contributed by atoms with Crippen molar-refractivity contribution in [3.63, 3.8) is 0 Å². The average molecular weight is 299 g/mol. The molecule has 0 heterocycles. The summed E-state index contributed by atoms with van der Waals surface area (Å²) in [5.41, 5.74) is -1.04. The second kappa shape index (κ2) is 7.29. The number of carboxylic acid groups (broad SMARTS) is 1. The van der Waals surface area contributed by atoms with Gasteiger partial charge in [-0.3, -0.25) is 4.79 Å². The highest BCUT2D eigenvalue weighted by atomic mass is 35.5. The molecule has 1 aromatic rings. The molecule has 0 saturated carbocycles. The molecule has 0 aliphatic heterocycles. The van der Waals surface area contributed by atoms with Crippen LogP contribution in [0.4, 0.5) is 0 Å². The molecule has 0 fully saturated rings. The summed E-state index contributed by atoms with van der Waals surface area (Å²) in [7, 11) is 0. The summed E-state index contributed by atoms with van der Waals surface area (Å²) in [5.74, 6) is -0.748. The number of hydrogen-bond acceptors (Lipinski definition) is 3. The van der Waals surface area contributed by atoms with Crippen molar-refractivity contribution < 1.29 is 19.4 Å². The maximum absolute atomic E-state index is 11.6. The minimum atomic E-state index is -1.30. The smallest absolute Gasteiger partial charge is 0.348 e. The van der Waals surface area contributed by atoms with Crippen LogP contribution in [0, 0.1) is 0 Å². The normalized spacial score (nSPS) is 11.2. The third-order valence-corrected chi connectivity index (χ3v) is 3.34. The molecule has 0 aliphatic rings. The molecule has 4 nitrogen and oxygen atoms in total. The third kappa shape index (κ3) is 3.73. The van der Waals surface area contributed by atoms with E-state index >= 15 is 0 Å². The van der Waals surface area contributed by atoms with Crippen LogP contribution in [0.5, 0.6) is 5.75 Å². The minimum Gasteiger partial charge on any atom is -0.478 e. The van der Waals surface area contributed by atoms with Gasteiger partial charge in [0.1, 0.15) is 5.75 Å². The van der Waals surface area contributed by atoms with Crippen molar-refractivity contribution in [1.82, 2.24) is 0 Å². The number of aliphatic carboxylic acids is 1. The summed E-state index contributed by atoms with van der Waals surface area (Å²) in [4.78, 5) is 22.7. The molecule has 0 saturated heterocycles. The quantitative estimate of drug-likeness (QED) is 0.738. The molecule has 0 amide bonds. The predicted octanol–water partition coefficient (Wildman–Crippen LogP) is 3.95.